The van der Waals surface area contributed by atoms with Crippen LogP contribution in [0.15, 0.2) is 30.3 Å². The first-order valence-electron chi connectivity index (χ1n) is 5.52. The minimum absolute atomic E-state index is 0.285. The van der Waals surface area contributed by atoms with E-state index >= 15 is 0 Å². The van der Waals surface area contributed by atoms with E-state index in [0.29, 0.717) is 21.4 Å². The van der Waals surface area contributed by atoms with Crippen molar-refractivity contribution in [3.63, 3.8) is 0 Å². The Hall–Kier alpha value is -0.0500. The summed E-state index contributed by atoms with van der Waals surface area (Å²) in [6, 6.07) is 8.97. The van der Waals surface area contributed by atoms with E-state index in [9.17, 15) is 4.79 Å². The Labute approximate surface area is 154 Å². The number of carbonyl (C=O) groups is 1. The molecule has 0 fully saturated rings. The van der Waals surface area contributed by atoms with Crippen molar-refractivity contribution in [2.45, 2.75) is 6.61 Å². The number of halogens is 4. The van der Waals surface area contributed by atoms with E-state index in [1.54, 1.807) is 18.2 Å². The Kier molecular flexibility index (Phi) is 5.95. The minimum atomic E-state index is 0.285. The highest BCUT2D eigenvalue weighted by molar-refractivity contribution is 14.1. The zero-order valence-electron chi connectivity index (χ0n) is 10.00. The van der Waals surface area contributed by atoms with E-state index < -0.39 is 0 Å². The van der Waals surface area contributed by atoms with Gasteiger partial charge in [-0.25, -0.2) is 0 Å². The van der Waals surface area contributed by atoms with Gasteiger partial charge in [0.15, 0.2) is 6.29 Å². The van der Waals surface area contributed by atoms with Gasteiger partial charge in [-0.05, 0) is 69.4 Å². The lowest BCUT2D eigenvalue weighted by molar-refractivity contribution is 0.111. The van der Waals surface area contributed by atoms with Crippen molar-refractivity contribution in [3.8, 4) is 5.75 Å². The molecule has 2 rings (SSSR count). The van der Waals surface area contributed by atoms with Gasteiger partial charge in [-0.15, -0.1) is 0 Å². The van der Waals surface area contributed by atoms with Crippen molar-refractivity contribution in [2.24, 2.45) is 0 Å². The Morgan fingerprint density at radius 3 is 2.55 bits per heavy atom. The molecule has 0 atom stereocenters. The number of ether oxygens (including phenoxy) is 1. The van der Waals surface area contributed by atoms with Crippen molar-refractivity contribution in [1.29, 1.82) is 0 Å². The van der Waals surface area contributed by atoms with Crippen LogP contribution >= 0.6 is 68.4 Å². The zero-order chi connectivity index (χ0) is 14.7. The Bertz CT molecular complexity index is 660. The molecule has 2 aromatic carbocycles. The third-order valence-electron chi connectivity index (χ3n) is 2.55. The van der Waals surface area contributed by atoms with E-state index in [4.69, 9.17) is 27.9 Å². The first-order valence-corrected chi connectivity index (χ1v) is 8.43. The Morgan fingerprint density at radius 2 is 1.90 bits per heavy atom. The molecule has 0 saturated heterocycles. The van der Waals surface area contributed by atoms with Crippen LogP contribution in [-0.2, 0) is 6.61 Å². The molecule has 0 N–H and O–H groups in total. The van der Waals surface area contributed by atoms with Crippen molar-refractivity contribution in [2.75, 3.05) is 0 Å². The van der Waals surface area contributed by atoms with Crippen LogP contribution in [0.2, 0.25) is 10.0 Å². The topological polar surface area (TPSA) is 26.3 Å². The van der Waals surface area contributed by atoms with Gasteiger partial charge in [0.25, 0.3) is 0 Å². The van der Waals surface area contributed by atoms with E-state index in [-0.39, 0.29) is 6.61 Å². The second-order valence-electron chi connectivity index (χ2n) is 3.95. The molecular formula is C14H8Cl2I2O2. The highest BCUT2D eigenvalue weighted by atomic mass is 127. The first kappa shape index (κ1) is 16.3. The monoisotopic (exact) mass is 532 g/mol. The fraction of sp³-hybridized carbons (Fsp3) is 0.0714. The SMILES string of the molecule is O=Cc1cc(I)cc(I)c1OCc1ccc(Cl)cc1Cl. The minimum Gasteiger partial charge on any atom is -0.487 e. The molecule has 0 bridgehead atoms. The van der Waals surface area contributed by atoms with Gasteiger partial charge < -0.3 is 4.74 Å². The van der Waals surface area contributed by atoms with Gasteiger partial charge in [-0.1, -0.05) is 29.3 Å². The average molecular weight is 533 g/mol. The molecule has 0 heterocycles. The predicted octanol–water partition coefficient (Wildman–Crippen LogP) is 5.59. The van der Waals surface area contributed by atoms with Crippen LogP contribution in [0.5, 0.6) is 5.75 Å². The number of hydrogen-bond donors (Lipinski definition) is 0. The van der Waals surface area contributed by atoms with Crippen molar-refractivity contribution >= 4 is 74.7 Å². The van der Waals surface area contributed by atoms with Gasteiger partial charge in [-0.3, -0.25) is 4.79 Å². The summed E-state index contributed by atoms with van der Waals surface area (Å²) >= 11 is 16.3. The maximum absolute atomic E-state index is 11.1. The Balaban J connectivity index is 2.25. The average Bonchev–Trinajstić information content (AvgIpc) is 2.38. The number of aldehydes is 1. The van der Waals surface area contributed by atoms with Crippen molar-refractivity contribution in [3.05, 3.63) is 58.6 Å². The van der Waals surface area contributed by atoms with Crippen LogP contribution in [0, 0.1) is 7.14 Å². The summed E-state index contributed by atoms with van der Waals surface area (Å²) in [6.45, 7) is 0.285. The molecule has 0 aliphatic carbocycles. The molecule has 0 aliphatic heterocycles. The molecule has 0 aromatic heterocycles. The molecule has 2 nitrogen and oxygen atoms in total. The van der Waals surface area contributed by atoms with E-state index in [1.165, 1.54) is 0 Å². The van der Waals surface area contributed by atoms with Gasteiger partial charge >= 0.3 is 0 Å². The Morgan fingerprint density at radius 1 is 1.15 bits per heavy atom. The maximum atomic E-state index is 11.1. The highest BCUT2D eigenvalue weighted by Gasteiger charge is 2.11. The third kappa shape index (κ3) is 3.99. The summed E-state index contributed by atoms with van der Waals surface area (Å²) < 4.78 is 7.63. The molecule has 0 saturated carbocycles. The normalized spacial score (nSPS) is 10.4. The predicted molar refractivity (Wildman–Crippen MR) is 98.1 cm³/mol. The molecule has 0 unspecified atom stereocenters. The lowest BCUT2D eigenvalue weighted by Crippen LogP contribution is -2.01. The molecule has 0 amide bonds. The smallest absolute Gasteiger partial charge is 0.153 e. The molecule has 6 heteroatoms. The van der Waals surface area contributed by atoms with Crippen molar-refractivity contribution in [1.82, 2.24) is 0 Å². The summed E-state index contributed by atoms with van der Waals surface area (Å²) in [5.74, 6) is 0.576. The largest absolute Gasteiger partial charge is 0.487 e. The van der Waals surface area contributed by atoms with Crippen LogP contribution in [-0.4, -0.2) is 6.29 Å². The molecule has 2 aromatic rings. The maximum Gasteiger partial charge on any atom is 0.153 e. The van der Waals surface area contributed by atoms with Gasteiger partial charge in [0.05, 0.1) is 9.13 Å². The lowest BCUT2D eigenvalue weighted by Gasteiger charge is -2.12. The van der Waals surface area contributed by atoms with Crippen LogP contribution in [0.1, 0.15) is 15.9 Å². The second-order valence-corrected chi connectivity index (χ2v) is 7.20. The molecule has 0 radical (unpaired) electrons. The summed E-state index contributed by atoms with van der Waals surface area (Å²) in [6.07, 6.45) is 0.795. The second kappa shape index (κ2) is 7.29. The van der Waals surface area contributed by atoms with Gasteiger partial charge in [0, 0.05) is 19.2 Å². The first-order chi connectivity index (χ1) is 9.51. The molecular weight excluding hydrogens is 525 g/mol. The molecule has 20 heavy (non-hydrogen) atoms. The number of carbonyl (C=O) groups excluding carboxylic acids is 1. The molecule has 104 valence electrons. The quantitative estimate of drug-likeness (QED) is 0.379. The molecule has 0 spiro atoms. The van der Waals surface area contributed by atoms with Crippen LogP contribution in [0.3, 0.4) is 0 Å². The van der Waals surface area contributed by atoms with Crippen LogP contribution < -0.4 is 4.74 Å². The fourth-order valence-corrected chi connectivity index (χ4v) is 4.12. The van der Waals surface area contributed by atoms with E-state index in [2.05, 4.69) is 45.2 Å². The van der Waals surface area contributed by atoms with Gasteiger partial charge in [0.1, 0.15) is 12.4 Å². The van der Waals surface area contributed by atoms with Crippen LogP contribution in [0.25, 0.3) is 0 Å². The van der Waals surface area contributed by atoms with Gasteiger partial charge in [-0.2, -0.15) is 0 Å². The number of rotatable bonds is 4. The number of hydrogen-bond acceptors (Lipinski definition) is 2. The summed E-state index contributed by atoms with van der Waals surface area (Å²) in [7, 11) is 0. The summed E-state index contributed by atoms with van der Waals surface area (Å²) in [4.78, 5) is 11.1. The van der Waals surface area contributed by atoms with Crippen molar-refractivity contribution < 1.29 is 9.53 Å². The highest BCUT2D eigenvalue weighted by Crippen LogP contribution is 2.29. The summed E-state index contributed by atoms with van der Waals surface area (Å²) in [5, 5.41) is 1.13. The van der Waals surface area contributed by atoms with Gasteiger partial charge in [0.2, 0.25) is 0 Å². The van der Waals surface area contributed by atoms with E-state index in [0.717, 1.165) is 19.0 Å². The van der Waals surface area contributed by atoms with Crippen LogP contribution in [0.4, 0.5) is 0 Å². The standard InChI is InChI=1S/C14H8Cl2I2O2/c15-10-2-1-8(12(16)4-10)7-20-14-9(6-19)3-11(17)5-13(14)18/h1-6H,7H2. The fourth-order valence-electron chi connectivity index (χ4n) is 1.61. The lowest BCUT2D eigenvalue weighted by atomic mass is 10.2. The summed E-state index contributed by atoms with van der Waals surface area (Å²) in [5.41, 5.74) is 1.36. The number of benzene rings is 2. The molecule has 0 aliphatic rings. The van der Waals surface area contributed by atoms with E-state index in [1.807, 2.05) is 12.1 Å². The third-order valence-corrected chi connectivity index (χ3v) is 4.56. The zero-order valence-corrected chi connectivity index (χ0v) is 15.8.